The van der Waals surface area contributed by atoms with E-state index < -0.39 is 23.6 Å². The molecular formula is C24H28F3N3O3. The van der Waals surface area contributed by atoms with Gasteiger partial charge in [-0.05, 0) is 56.3 Å². The minimum absolute atomic E-state index is 0.0639. The number of alkyl halides is 3. The van der Waals surface area contributed by atoms with Crippen LogP contribution >= 0.6 is 0 Å². The molecule has 178 valence electrons. The van der Waals surface area contributed by atoms with Crippen molar-refractivity contribution in [2.24, 2.45) is 0 Å². The largest absolute Gasteiger partial charge is 0.462 e. The Morgan fingerprint density at radius 1 is 1.09 bits per heavy atom. The number of halogens is 3. The van der Waals surface area contributed by atoms with E-state index in [1.807, 2.05) is 11.9 Å². The van der Waals surface area contributed by atoms with Gasteiger partial charge in [0.05, 0.1) is 17.7 Å². The lowest BCUT2D eigenvalue weighted by molar-refractivity contribution is -0.139. The molecular weight excluding hydrogens is 435 g/mol. The Morgan fingerprint density at radius 3 is 2.42 bits per heavy atom. The molecule has 0 saturated carbocycles. The fraction of sp³-hybridized carbons (Fsp3) is 0.417. The number of hydrogen-bond donors (Lipinski definition) is 1. The summed E-state index contributed by atoms with van der Waals surface area (Å²) in [7, 11) is 1.98. The van der Waals surface area contributed by atoms with E-state index in [1.54, 1.807) is 19.1 Å². The molecule has 6 nitrogen and oxygen atoms in total. The van der Waals surface area contributed by atoms with Crippen LogP contribution in [-0.2, 0) is 17.5 Å². The van der Waals surface area contributed by atoms with Gasteiger partial charge < -0.3 is 15.0 Å². The molecule has 1 N–H and O–H groups in total. The summed E-state index contributed by atoms with van der Waals surface area (Å²) in [5.41, 5.74) is -0.260. The summed E-state index contributed by atoms with van der Waals surface area (Å²) in [5, 5.41) is 2.59. The molecule has 1 saturated heterocycles. The van der Waals surface area contributed by atoms with E-state index in [1.165, 1.54) is 31.2 Å². The van der Waals surface area contributed by atoms with E-state index in [2.05, 4.69) is 10.2 Å². The lowest BCUT2D eigenvalue weighted by atomic mass is 9.95. The fourth-order valence-corrected chi connectivity index (χ4v) is 3.92. The molecule has 2 aromatic rings. The summed E-state index contributed by atoms with van der Waals surface area (Å²) in [6, 6.07) is 8.90. The van der Waals surface area contributed by atoms with Crippen molar-refractivity contribution >= 4 is 17.6 Å². The quantitative estimate of drug-likeness (QED) is 0.651. The summed E-state index contributed by atoms with van der Waals surface area (Å²) in [6.07, 6.45) is -4.59. The third kappa shape index (κ3) is 6.11. The number of carbonyl (C=O) groups is 2. The number of ether oxygens (including phenoxy) is 1. The van der Waals surface area contributed by atoms with E-state index in [0.717, 1.165) is 13.1 Å². The number of anilines is 1. The van der Waals surface area contributed by atoms with Crippen molar-refractivity contribution in [2.75, 3.05) is 45.2 Å². The number of likely N-dealkylation sites (N-methyl/N-ethyl adjacent to an activating group) is 1. The minimum Gasteiger partial charge on any atom is -0.462 e. The molecule has 33 heavy (non-hydrogen) atoms. The first kappa shape index (κ1) is 24.7. The monoisotopic (exact) mass is 463 g/mol. The van der Waals surface area contributed by atoms with E-state index in [-0.39, 0.29) is 35.4 Å². The minimum atomic E-state index is -4.59. The van der Waals surface area contributed by atoms with Crippen LogP contribution in [0.3, 0.4) is 0 Å². The molecule has 1 aliphatic heterocycles. The summed E-state index contributed by atoms with van der Waals surface area (Å²) in [5.74, 6) is -1.22. The predicted octanol–water partition coefficient (Wildman–Crippen LogP) is 4.19. The highest BCUT2D eigenvalue weighted by atomic mass is 19.4. The molecule has 0 spiro atoms. The van der Waals surface area contributed by atoms with Crippen molar-refractivity contribution < 1.29 is 27.5 Å². The molecule has 0 unspecified atom stereocenters. The van der Waals surface area contributed by atoms with Gasteiger partial charge in [-0.3, -0.25) is 9.69 Å². The third-order valence-corrected chi connectivity index (χ3v) is 5.70. The molecule has 3 rings (SSSR count). The van der Waals surface area contributed by atoms with Gasteiger partial charge >= 0.3 is 12.1 Å². The van der Waals surface area contributed by atoms with Crippen molar-refractivity contribution in [3.63, 3.8) is 0 Å². The first-order chi connectivity index (χ1) is 15.6. The van der Waals surface area contributed by atoms with Crippen LogP contribution in [0.5, 0.6) is 0 Å². The van der Waals surface area contributed by atoms with Gasteiger partial charge in [0.15, 0.2) is 0 Å². The molecule has 0 aromatic heterocycles. The van der Waals surface area contributed by atoms with Gasteiger partial charge in [0.25, 0.3) is 5.91 Å². The molecule has 1 heterocycles. The van der Waals surface area contributed by atoms with Crippen LogP contribution in [0.1, 0.15) is 44.3 Å². The maximum Gasteiger partial charge on any atom is 0.417 e. The highest BCUT2D eigenvalue weighted by molar-refractivity contribution is 6.06. The SMILES string of the molecule is CCOC(=O)c1cccc(NC(=O)c2ccc(CN3CCN(C)CC3)c(C(F)(F)F)c2C)c1. The van der Waals surface area contributed by atoms with Gasteiger partial charge in [-0.2, -0.15) is 13.2 Å². The highest BCUT2D eigenvalue weighted by Gasteiger charge is 2.37. The van der Waals surface area contributed by atoms with Crippen LogP contribution in [0.25, 0.3) is 0 Å². The average molecular weight is 464 g/mol. The van der Waals surface area contributed by atoms with E-state index >= 15 is 0 Å². The summed E-state index contributed by atoms with van der Waals surface area (Å²) in [4.78, 5) is 28.9. The summed E-state index contributed by atoms with van der Waals surface area (Å²) in [6.45, 7) is 6.34. The Morgan fingerprint density at radius 2 is 1.79 bits per heavy atom. The van der Waals surface area contributed by atoms with Crippen LogP contribution < -0.4 is 5.32 Å². The smallest absolute Gasteiger partial charge is 0.417 e. The molecule has 0 aliphatic carbocycles. The molecule has 0 atom stereocenters. The molecule has 0 bridgehead atoms. The van der Waals surface area contributed by atoms with Crippen molar-refractivity contribution in [2.45, 2.75) is 26.6 Å². The van der Waals surface area contributed by atoms with Gasteiger partial charge in [-0.25, -0.2) is 4.79 Å². The maximum absolute atomic E-state index is 14.0. The molecule has 1 amide bonds. The van der Waals surface area contributed by atoms with Crippen LogP contribution in [-0.4, -0.2) is 61.5 Å². The van der Waals surface area contributed by atoms with Crippen LogP contribution in [0.15, 0.2) is 36.4 Å². The molecule has 1 fully saturated rings. The van der Waals surface area contributed by atoms with Gasteiger partial charge in [0, 0.05) is 44.0 Å². The van der Waals surface area contributed by atoms with E-state index in [0.29, 0.717) is 18.8 Å². The number of piperazine rings is 1. The number of nitrogens with zero attached hydrogens (tertiary/aromatic N) is 2. The zero-order chi connectivity index (χ0) is 24.2. The molecule has 9 heteroatoms. The normalized spacial score (nSPS) is 15.3. The van der Waals surface area contributed by atoms with Crippen molar-refractivity contribution in [1.82, 2.24) is 9.80 Å². The second-order valence-corrected chi connectivity index (χ2v) is 8.10. The first-order valence-corrected chi connectivity index (χ1v) is 10.8. The molecule has 0 radical (unpaired) electrons. The molecule has 1 aliphatic rings. The third-order valence-electron chi connectivity index (χ3n) is 5.70. The lowest BCUT2D eigenvalue weighted by Crippen LogP contribution is -2.44. The number of rotatable bonds is 6. The van der Waals surface area contributed by atoms with Gasteiger partial charge in [0.2, 0.25) is 0 Å². The Hall–Kier alpha value is -2.91. The molecule has 2 aromatic carbocycles. The number of benzene rings is 2. The summed E-state index contributed by atoms with van der Waals surface area (Å²) < 4.78 is 46.9. The second-order valence-electron chi connectivity index (χ2n) is 8.10. The first-order valence-electron chi connectivity index (χ1n) is 10.8. The lowest BCUT2D eigenvalue weighted by Gasteiger charge is -2.33. The van der Waals surface area contributed by atoms with Crippen LogP contribution in [0, 0.1) is 6.92 Å². The van der Waals surface area contributed by atoms with Crippen molar-refractivity contribution in [3.05, 3.63) is 64.2 Å². The van der Waals surface area contributed by atoms with Crippen LogP contribution in [0.4, 0.5) is 18.9 Å². The zero-order valence-electron chi connectivity index (χ0n) is 19.0. The van der Waals surface area contributed by atoms with E-state index in [4.69, 9.17) is 4.74 Å². The average Bonchev–Trinajstić information content (AvgIpc) is 2.75. The number of nitrogens with one attached hydrogen (secondary N) is 1. The number of esters is 1. The zero-order valence-corrected chi connectivity index (χ0v) is 19.0. The Kier molecular flexibility index (Phi) is 7.76. The Balaban J connectivity index is 1.85. The van der Waals surface area contributed by atoms with Gasteiger partial charge in [-0.15, -0.1) is 0 Å². The summed E-state index contributed by atoms with van der Waals surface area (Å²) >= 11 is 0. The van der Waals surface area contributed by atoms with E-state index in [9.17, 15) is 22.8 Å². The number of hydrogen-bond acceptors (Lipinski definition) is 5. The van der Waals surface area contributed by atoms with Crippen LogP contribution in [0.2, 0.25) is 0 Å². The Bertz CT molecular complexity index is 1020. The maximum atomic E-state index is 14.0. The topological polar surface area (TPSA) is 61.9 Å². The van der Waals surface area contributed by atoms with Gasteiger partial charge in [0.1, 0.15) is 0 Å². The van der Waals surface area contributed by atoms with Crippen molar-refractivity contribution in [1.29, 1.82) is 0 Å². The highest BCUT2D eigenvalue weighted by Crippen LogP contribution is 2.37. The standard InChI is InChI=1S/C24H28F3N3O3/c1-4-33-23(32)17-6-5-7-19(14-17)28-22(31)20-9-8-18(21(16(20)2)24(25,26)27)15-30-12-10-29(3)11-13-30/h5-9,14H,4,10-13,15H2,1-3H3,(H,28,31). The number of amides is 1. The van der Waals surface area contributed by atoms with Crippen molar-refractivity contribution in [3.8, 4) is 0 Å². The second kappa shape index (κ2) is 10.4. The predicted molar refractivity (Wildman–Crippen MR) is 119 cm³/mol. The fourth-order valence-electron chi connectivity index (χ4n) is 3.92. The Labute approximate surface area is 191 Å². The van der Waals surface area contributed by atoms with Gasteiger partial charge in [-0.1, -0.05) is 12.1 Å². The number of carbonyl (C=O) groups excluding carboxylic acids is 2.